The quantitative estimate of drug-likeness (QED) is 0.864. The summed E-state index contributed by atoms with van der Waals surface area (Å²) in [6.45, 7) is 7.93. The summed E-state index contributed by atoms with van der Waals surface area (Å²) in [5.41, 5.74) is 5.86. The summed E-state index contributed by atoms with van der Waals surface area (Å²) in [5, 5.41) is 0. The highest BCUT2D eigenvalue weighted by Gasteiger charge is 2.52. The molecule has 6 heteroatoms. The van der Waals surface area contributed by atoms with Gasteiger partial charge >= 0.3 is 7.12 Å². The highest BCUT2D eigenvalue weighted by atomic mass is 19.3. The second-order valence-corrected chi connectivity index (χ2v) is 6.44. The number of rotatable bonds is 4. The van der Waals surface area contributed by atoms with Crippen LogP contribution in [0.25, 0.3) is 6.08 Å². The lowest BCUT2D eigenvalue weighted by Crippen LogP contribution is -2.41. The van der Waals surface area contributed by atoms with Gasteiger partial charge in [-0.25, -0.2) is 8.78 Å². The van der Waals surface area contributed by atoms with Gasteiger partial charge in [-0.2, -0.15) is 0 Å². The molecule has 1 aliphatic rings. The lowest BCUT2D eigenvalue weighted by molar-refractivity contribution is 0.00578. The molecule has 2 N–H and O–H groups in total. The van der Waals surface area contributed by atoms with Crippen molar-refractivity contribution < 1.29 is 18.1 Å². The van der Waals surface area contributed by atoms with Gasteiger partial charge in [-0.3, -0.25) is 0 Å². The van der Waals surface area contributed by atoms with Gasteiger partial charge in [0.1, 0.15) is 0 Å². The fraction of sp³-hybridized carbons (Fsp3) is 0.500. The minimum atomic E-state index is -2.54. The SMILES string of the molecule is CC1(C)OB(C(=Cc2ccccc2C(F)F)CN)OC1(C)C. The van der Waals surface area contributed by atoms with Crippen LogP contribution < -0.4 is 5.73 Å². The molecule has 1 aromatic carbocycles. The topological polar surface area (TPSA) is 44.5 Å². The zero-order valence-corrected chi connectivity index (χ0v) is 13.4. The van der Waals surface area contributed by atoms with Crippen LogP contribution in [0.1, 0.15) is 45.2 Å². The van der Waals surface area contributed by atoms with E-state index in [9.17, 15) is 8.78 Å². The normalized spacial score (nSPS) is 20.7. The minimum Gasteiger partial charge on any atom is -0.400 e. The van der Waals surface area contributed by atoms with Gasteiger partial charge in [-0.15, -0.1) is 0 Å². The second-order valence-electron chi connectivity index (χ2n) is 6.44. The number of alkyl halides is 2. The Labute approximate surface area is 130 Å². The third-order valence-electron chi connectivity index (χ3n) is 4.36. The summed E-state index contributed by atoms with van der Waals surface area (Å²) in [6.07, 6.45) is -0.895. The fourth-order valence-corrected chi connectivity index (χ4v) is 2.26. The number of benzene rings is 1. The molecule has 0 aliphatic carbocycles. The first-order valence-electron chi connectivity index (χ1n) is 7.31. The zero-order chi connectivity index (χ0) is 16.5. The molecule has 0 spiro atoms. The molecule has 1 saturated heterocycles. The predicted octanol–water partition coefficient (Wildman–Crippen LogP) is 3.60. The first-order valence-corrected chi connectivity index (χ1v) is 7.31. The van der Waals surface area contributed by atoms with Crippen LogP contribution in [0.3, 0.4) is 0 Å². The molecule has 0 unspecified atom stereocenters. The fourth-order valence-electron chi connectivity index (χ4n) is 2.26. The molecule has 1 aliphatic heterocycles. The predicted molar refractivity (Wildman–Crippen MR) is 84.5 cm³/mol. The molecule has 0 atom stereocenters. The standard InChI is InChI=1S/C16H22BF2NO2/c1-15(2)16(3,4)22-17(21-15)12(10-20)9-11-7-5-6-8-13(11)14(18)19/h5-9,14H,10,20H2,1-4H3. The largest absolute Gasteiger partial charge is 0.491 e. The van der Waals surface area contributed by atoms with E-state index in [1.165, 1.54) is 6.07 Å². The van der Waals surface area contributed by atoms with Crippen molar-refractivity contribution >= 4 is 13.2 Å². The Kier molecular flexibility index (Phi) is 4.75. The average Bonchev–Trinajstić information content (AvgIpc) is 2.64. The maximum atomic E-state index is 13.1. The average molecular weight is 309 g/mol. The van der Waals surface area contributed by atoms with Crippen LogP contribution in [0.2, 0.25) is 0 Å². The van der Waals surface area contributed by atoms with Crippen molar-refractivity contribution in [2.75, 3.05) is 6.54 Å². The van der Waals surface area contributed by atoms with Crippen LogP contribution in [0.4, 0.5) is 8.78 Å². The highest BCUT2D eigenvalue weighted by Crippen LogP contribution is 2.39. The first-order chi connectivity index (χ1) is 10.2. The molecule has 3 nitrogen and oxygen atoms in total. The Morgan fingerprint density at radius 2 is 1.73 bits per heavy atom. The number of hydrogen-bond donors (Lipinski definition) is 1. The Morgan fingerprint density at radius 1 is 1.18 bits per heavy atom. The van der Waals surface area contributed by atoms with Crippen molar-refractivity contribution in [2.45, 2.75) is 45.3 Å². The van der Waals surface area contributed by atoms with E-state index in [-0.39, 0.29) is 12.1 Å². The summed E-state index contributed by atoms with van der Waals surface area (Å²) in [6, 6.07) is 6.36. The molecule has 0 amide bonds. The van der Waals surface area contributed by atoms with Gasteiger partial charge in [0.2, 0.25) is 0 Å². The molecule has 120 valence electrons. The smallest absolute Gasteiger partial charge is 0.400 e. The summed E-state index contributed by atoms with van der Waals surface area (Å²) in [5.74, 6) is 0. The van der Waals surface area contributed by atoms with Crippen LogP contribution in [0.15, 0.2) is 29.7 Å². The lowest BCUT2D eigenvalue weighted by atomic mass is 9.77. The Morgan fingerprint density at radius 3 is 2.23 bits per heavy atom. The molecule has 0 radical (unpaired) electrons. The van der Waals surface area contributed by atoms with Gasteiger partial charge < -0.3 is 15.0 Å². The maximum Gasteiger partial charge on any atom is 0.491 e. The van der Waals surface area contributed by atoms with E-state index < -0.39 is 24.7 Å². The molecule has 0 saturated carbocycles. The monoisotopic (exact) mass is 309 g/mol. The molecular weight excluding hydrogens is 287 g/mol. The van der Waals surface area contributed by atoms with Crippen LogP contribution in [-0.4, -0.2) is 24.9 Å². The van der Waals surface area contributed by atoms with Gasteiger partial charge in [-0.05, 0) is 38.7 Å². The molecule has 0 aromatic heterocycles. The van der Waals surface area contributed by atoms with Crippen LogP contribution >= 0.6 is 0 Å². The molecule has 22 heavy (non-hydrogen) atoms. The van der Waals surface area contributed by atoms with Crippen LogP contribution in [-0.2, 0) is 9.31 Å². The zero-order valence-electron chi connectivity index (χ0n) is 13.4. The van der Waals surface area contributed by atoms with Crippen molar-refractivity contribution in [2.24, 2.45) is 5.73 Å². The van der Waals surface area contributed by atoms with Gasteiger partial charge in [0.25, 0.3) is 6.43 Å². The van der Waals surface area contributed by atoms with Gasteiger partial charge in [-0.1, -0.05) is 30.3 Å². The molecule has 0 bridgehead atoms. The van der Waals surface area contributed by atoms with Crippen molar-refractivity contribution in [1.82, 2.24) is 0 Å². The Hall–Kier alpha value is -1.24. The summed E-state index contributed by atoms with van der Waals surface area (Å²) in [7, 11) is -0.624. The maximum absolute atomic E-state index is 13.1. The third kappa shape index (κ3) is 3.24. The van der Waals surface area contributed by atoms with Gasteiger partial charge in [0, 0.05) is 12.1 Å². The van der Waals surface area contributed by atoms with Crippen molar-refractivity contribution in [1.29, 1.82) is 0 Å². The van der Waals surface area contributed by atoms with Crippen molar-refractivity contribution in [3.63, 3.8) is 0 Å². The Bertz CT molecular complexity index is 557. The molecule has 1 aromatic rings. The third-order valence-corrected chi connectivity index (χ3v) is 4.36. The van der Waals surface area contributed by atoms with Crippen molar-refractivity contribution in [3.05, 3.63) is 40.9 Å². The molecular formula is C16H22BF2NO2. The van der Waals surface area contributed by atoms with E-state index in [0.29, 0.717) is 11.0 Å². The van der Waals surface area contributed by atoms with E-state index in [0.717, 1.165) is 0 Å². The summed E-state index contributed by atoms with van der Waals surface area (Å²) in [4.78, 5) is 0. The van der Waals surface area contributed by atoms with E-state index in [2.05, 4.69) is 0 Å². The molecule has 1 heterocycles. The number of hydrogen-bond acceptors (Lipinski definition) is 3. The van der Waals surface area contributed by atoms with Crippen molar-refractivity contribution in [3.8, 4) is 0 Å². The first kappa shape index (κ1) is 17.1. The van der Waals surface area contributed by atoms with E-state index in [4.69, 9.17) is 15.0 Å². The van der Waals surface area contributed by atoms with E-state index >= 15 is 0 Å². The lowest BCUT2D eigenvalue weighted by Gasteiger charge is -2.32. The number of nitrogens with two attached hydrogens (primary N) is 1. The highest BCUT2D eigenvalue weighted by molar-refractivity contribution is 6.55. The molecule has 2 rings (SSSR count). The Balaban J connectivity index is 2.34. The van der Waals surface area contributed by atoms with Crippen LogP contribution in [0.5, 0.6) is 0 Å². The summed E-state index contributed by atoms with van der Waals surface area (Å²) < 4.78 is 38.0. The second kappa shape index (κ2) is 6.10. The minimum absolute atomic E-state index is 0.0232. The van der Waals surface area contributed by atoms with Gasteiger partial charge in [0.15, 0.2) is 0 Å². The summed E-state index contributed by atoms with van der Waals surface area (Å²) >= 11 is 0. The van der Waals surface area contributed by atoms with E-state index in [1.54, 1.807) is 24.3 Å². The molecule has 1 fully saturated rings. The number of halogens is 2. The van der Waals surface area contributed by atoms with Gasteiger partial charge in [0.05, 0.1) is 11.2 Å². The van der Waals surface area contributed by atoms with E-state index in [1.807, 2.05) is 27.7 Å². The van der Waals surface area contributed by atoms with Crippen LogP contribution in [0, 0.1) is 0 Å².